The van der Waals surface area contributed by atoms with E-state index in [-0.39, 0.29) is 17.4 Å². The van der Waals surface area contributed by atoms with Crippen LogP contribution >= 0.6 is 0 Å². The lowest BCUT2D eigenvalue weighted by Gasteiger charge is -2.33. The number of nitrogens with two attached hydrogens (primary N) is 1. The Morgan fingerprint density at radius 3 is 1.80 bits per heavy atom. The number of hydrogen-bond donors (Lipinski definition) is 2. The van der Waals surface area contributed by atoms with Crippen LogP contribution in [0.15, 0.2) is 117 Å². The fraction of sp³-hybridized carbons (Fsp3) is 0.452. The molecule has 1 aromatic heterocycles. The van der Waals surface area contributed by atoms with E-state index in [0.717, 1.165) is 16.9 Å². The molecule has 0 bridgehead atoms. The summed E-state index contributed by atoms with van der Waals surface area (Å²) in [5, 5.41) is 7.75. The van der Waals surface area contributed by atoms with Crippen LogP contribution in [-0.2, 0) is 0 Å². The van der Waals surface area contributed by atoms with E-state index in [4.69, 9.17) is 15.3 Å². The van der Waals surface area contributed by atoms with Crippen LogP contribution in [0.1, 0.15) is 112 Å². The molecule has 0 saturated carbocycles. The summed E-state index contributed by atoms with van der Waals surface area (Å²) < 4.78 is 5.76. The fourth-order valence-electron chi connectivity index (χ4n) is 6.11. The molecule has 1 aromatic rings. The van der Waals surface area contributed by atoms with Gasteiger partial charge in [-0.2, -0.15) is 0 Å². The number of aliphatic hydroxyl groups excluding tert-OH is 1. The second-order valence-corrected chi connectivity index (χ2v) is 13.9. The number of allylic oxidation sites excluding steroid dienone is 16. The van der Waals surface area contributed by atoms with Crippen LogP contribution in [0, 0.1) is 10.8 Å². The summed E-state index contributed by atoms with van der Waals surface area (Å²) in [6.45, 7) is 21.0. The van der Waals surface area contributed by atoms with Crippen molar-refractivity contribution < 1.29 is 9.52 Å². The van der Waals surface area contributed by atoms with Gasteiger partial charge in [-0.15, -0.1) is 0 Å². The molecule has 3 nitrogen and oxygen atoms in total. The van der Waals surface area contributed by atoms with Crippen molar-refractivity contribution in [2.24, 2.45) is 16.6 Å². The molecule has 244 valence electrons. The Hall–Kier alpha value is -3.27. The Balaban J connectivity index is 0.00000166. The highest BCUT2D eigenvalue weighted by Crippen LogP contribution is 2.41. The predicted octanol–water partition coefficient (Wildman–Crippen LogP) is 11.5. The normalized spacial score (nSPS) is 19.8. The largest absolute Gasteiger partial charge is 0.395 e. The number of hydrogen-bond acceptors (Lipinski definition) is 2. The van der Waals surface area contributed by atoms with Gasteiger partial charge in [-0.25, -0.2) is 4.42 Å². The number of rotatable bonds is 10. The Morgan fingerprint density at radius 1 is 0.800 bits per heavy atom. The van der Waals surface area contributed by atoms with Crippen molar-refractivity contribution in [1.29, 1.82) is 0 Å². The van der Waals surface area contributed by atoms with Crippen molar-refractivity contribution in [3.8, 4) is 0 Å². The maximum atomic E-state index is 7.75. The molecule has 0 spiro atoms. The van der Waals surface area contributed by atoms with Gasteiger partial charge in [0, 0.05) is 18.7 Å². The van der Waals surface area contributed by atoms with Gasteiger partial charge in [-0.3, -0.25) is 0 Å². The van der Waals surface area contributed by atoms with Crippen molar-refractivity contribution in [3.63, 3.8) is 0 Å². The molecule has 2 aliphatic carbocycles. The first-order chi connectivity index (χ1) is 21.3. The van der Waals surface area contributed by atoms with Crippen molar-refractivity contribution in [3.05, 3.63) is 123 Å². The van der Waals surface area contributed by atoms with Crippen molar-refractivity contribution in [2.45, 2.75) is 101 Å². The Morgan fingerprint density at radius 2 is 1.31 bits per heavy atom. The molecule has 45 heavy (non-hydrogen) atoms. The van der Waals surface area contributed by atoms with Crippen LogP contribution in [0.4, 0.5) is 0 Å². The van der Waals surface area contributed by atoms with E-state index >= 15 is 0 Å². The number of aliphatic hydroxyl groups is 1. The third-order valence-electron chi connectivity index (χ3n) is 8.75. The lowest BCUT2D eigenvalue weighted by Crippen LogP contribution is -2.19. The SMILES string of the molecule is CC1=C(/C=C/C(C)=C/C=C/C(C)=C/c2cc(/C=C/C=C(C)/C=C/C3=C(C)CCCC3(C)C)cc[o+]2)C(C)(C)CCC1.NCCO. The summed E-state index contributed by atoms with van der Waals surface area (Å²) in [6, 6.07) is 4.08. The van der Waals surface area contributed by atoms with Gasteiger partial charge in [0.2, 0.25) is 0 Å². The van der Waals surface area contributed by atoms with E-state index in [9.17, 15) is 0 Å². The van der Waals surface area contributed by atoms with Gasteiger partial charge < -0.3 is 10.8 Å². The van der Waals surface area contributed by atoms with Gasteiger partial charge in [0.15, 0.2) is 0 Å². The molecule has 0 fully saturated rings. The van der Waals surface area contributed by atoms with Gasteiger partial charge in [-0.05, 0) is 106 Å². The van der Waals surface area contributed by atoms with E-state index in [1.807, 2.05) is 6.07 Å². The Bertz CT molecular complexity index is 1400. The first-order valence-corrected chi connectivity index (χ1v) is 16.7. The maximum Gasteiger partial charge on any atom is 0.353 e. The van der Waals surface area contributed by atoms with Crippen molar-refractivity contribution in [1.82, 2.24) is 0 Å². The molecule has 0 aromatic carbocycles. The van der Waals surface area contributed by atoms with Crippen molar-refractivity contribution >= 4 is 12.2 Å². The molecule has 3 N–H and O–H groups in total. The summed E-state index contributed by atoms with van der Waals surface area (Å²) in [5.41, 5.74) is 16.2. The topological polar surface area (TPSA) is 57.5 Å². The standard InChI is InChI=1S/C40H53O.C2H7NO/c1-30(20-22-37-33(4)17-12-25-39(37,6)7)14-10-16-32(3)28-36-29-35(24-27-41-36)19-11-15-31(2)21-23-38-34(5)18-13-26-40(38,8)9;3-1-2-4/h10-11,14-16,19-24,27-29H,12-13,17-18,25-26H2,1-9H3;4H,1-3H2/q+1;/b16-10+,19-11+,22-20+,23-21+,30-14+,31-15+,32-28+;. The van der Waals surface area contributed by atoms with Crippen LogP contribution < -0.4 is 5.73 Å². The molecular weight excluding hydrogens is 550 g/mol. The lowest BCUT2D eigenvalue weighted by atomic mass is 9.72. The molecule has 0 unspecified atom stereocenters. The van der Waals surface area contributed by atoms with Crippen LogP contribution in [-0.4, -0.2) is 18.3 Å². The summed E-state index contributed by atoms with van der Waals surface area (Å²) in [4.78, 5) is 0. The van der Waals surface area contributed by atoms with Gasteiger partial charge in [-0.1, -0.05) is 111 Å². The molecule has 0 radical (unpaired) electrons. The highest BCUT2D eigenvalue weighted by Gasteiger charge is 2.27. The molecule has 0 atom stereocenters. The minimum Gasteiger partial charge on any atom is -0.395 e. The van der Waals surface area contributed by atoms with Gasteiger partial charge in [0.1, 0.15) is 0 Å². The lowest BCUT2D eigenvalue weighted by molar-refractivity contribution is 0.306. The molecular formula is C42H60NO2+. The third-order valence-corrected chi connectivity index (χ3v) is 8.75. The van der Waals surface area contributed by atoms with Gasteiger partial charge in [0.05, 0.1) is 12.7 Å². The predicted molar refractivity (Wildman–Crippen MR) is 198 cm³/mol. The smallest absolute Gasteiger partial charge is 0.353 e. The zero-order valence-electron chi connectivity index (χ0n) is 29.7. The highest BCUT2D eigenvalue weighted by atomic mass is 16.3. The van der Waals surface area contributed by atoms with Crippen molar-refractivity contribution in [2.75, 3.05) is 13.2 Å². The second-order valence-electron chi connectivity index (χ2n) is 13.9. The van der Waals surface area contributed by atoms with E-state index in [0.29, 0.717) is 6.54 Å². The third kappa shape index (κ3) is 13.3. The van der Waals surface area contributed by atoms with Gasteiger partial charge >= 0.3 is 12.0 Å². The van der Waals surface area contributed by atoms with Crippen LogP contribution in [0.3, 0.4) is 0 Å². The van der Waals surface area contributed by atoms with Crippen LogP contribution in [0.2, 0.25) is 0 Å². The molecule has 0 amide bonds. The molecule has 3 heteroatoms. The second kappa shape index (κ2) is 18.6. The summed E-state index contributed by atoms with van der Waals surface area (Å²) in [7, 11) is 0. The fourth-order valence-corrected chi connectivity index (χ4v) is 6.11. The zero-order valence-corrected chi connectivity index (χ0v) is 29.7. The average Bonchev–Trinajstić information content (AvgIpc) is 2.96. The molecule has 3 rings (SSSR count). The van der Waals surface area contributed by atoms with Crippen LogP contribution in [0.25, 0.3) is 12.2 Å². The van der Waals surface area contributed by atoms with E-state index in [1.54, 1.807) is 6.26 Å². The summed E-state index contributed by atoms with van der Waals surface area (Å²) in [6.07, 6.45) is 33.4. The van der Waals surface area contributed by atoms with Crippen LogP contribution in [0.5, 0.6) is 0 Å². The molecule has 0 aliphatic heterocycles. The Labute approximate surface area is 275 Å². The zero-order chi connectivity index (χ0) is 33.5. The quantitative estimate of drug-likeness (QED) is 0.205. The maximum absolute atomic E-state index is 7.75. The average molecular weight is 611 g/mol. The van der Waals surface area contributed by atoms with E-state index in [2.05, 4.69) is 135 Å². The molecule has 0 saturated heterocycles. The first-order valence-electron chi connectivity index (χ1n) is 16.7. The summed E-state index contributed by atoms with van der Waals surface area (Å²) >= 11 is 0. The first kappa shape index (κ1) is 37.9. The Kier molecular flexibility index (Phi) is 15.7. The summed E-state index contributed by atoms with van der Waals surface area (Å²) in [5.74, 6) is 0.847. The van der Waals surface area contributed by atoms with Gasteiger partial charge in [0.25, 0.3) is 0 Å². The molecule has 2 aliphatic rings. The monoisotopic (exact) mass is 610 g/mol. The highest BCUT2D eigenvalue weighted by molar-refractivity contribution is 5.57. The van der Waals surface area contributed by atoms with E-state index in [1.165, 1.54) is 72.0 Å². The minimum atomic E-state index is 0.0972. The molecule has 1 heterocycles. The van der Waals surface area contributed by atoms with E-state index < -0.39 is 0 Å². The minimum absolute atomic E-state index is 0.0972.